The molecule has 5 heteroatoms. The van der Waals surface area contributed by atoms with E-state index in [4.69, 9.17) is 4.74 Å². The van der Waals surface area contributed by atoms with Crippen LogP contribution in [0.2, 0.25) is 0 Å². The molecule has 4 nitrogen and oxygen atoms in total. The predicted molar refractivity (Wildman–Crippen MR) is 67.9 cm³/mol. The average Bonchev–Trinajstić information content (AvgIpc) is 2.27. The van der Waals surface area contributed by atoms with E-state index in [1.165, 1.54) is 26.5 Å². The Balaban J connectivity index is 2.38. The SMILES string of the molecule is COC(=O)C(Br)CN(C)C1CCCN(C)C1. The standard InChI is InChI=1S/C11H21BrN2O2/c1-13-6-4-5-9(7-13)14(2)8-10(12)11(15)16-3/h9-10H,4-8H2,1-3H3. The average molecular weight is 293 g/mol. The molecule has 0 aromatic rings. The maximum Gasteiger partial charge on any atom is 0.320 e. The van der Waals surface area contributed by atoms with E-state index in [0.29, 0.717) is 12.6 Å². The smallest absolute Gasteiger partial charge is 0.320 e. The number of carbonyl (C=O) groups excluding carboxylic acids is 1. The van der Waals surface area contributed by atoms with Crippen molar-refractivity contribution in [2.24, 2.45) is 0 Å². The van der Waals surface area contributed by atoms with E-state index >= 15 is 0 Å². The molecule has 2 atom stereocenters. The first-order valence-electron chi connectivity index (χ1n) is 5.65. The summed E-state index contributed by atoms with van der Waals surface area (Å²) in [5, 5.41) is 0. The Kier molecular flexibility index (Phi) is 5.72. The second kappa shape index (κ2) is 6.57. The fourth-order valence-corrected chi connectivity index (χ4v) is 2.75. The van der Waals surface area contributed by atoms with Crippen LogP contribution in [0, 0.1) is 0 Å². The van der Waals surface area contributed by atoms with Crippen LogP contribution in [0.25, 0.3) is 0 Å². The number of hydrogen-bond donors (Lipinski definition) is 0. The van der Waals surface area contributed by atoms with Crippen LogP contribution in [0.5, 0.6) is 0 Å². The van der Waals surface area contributed by atoms with Crippen molar-refractivity contribution in [1.29, 1.82) is 0 Å². The van der Waals surface area contributed by atoms with Crippen LogP contribution in [-0.4, -0.2) is 67.5 Å². The lowest BCUT2D eigenvalue weighted by atomic mass is 10.1. The normalized spacial score (nSPS) is 24.4. The minimum atomic E-state index is -0.227. The van der Waals surface area contributed by atoms with Crippen molar-refractivity contribution in [2.45, 2.75) is 23.7 Å². The molecule has 0 spiro atoms. The van der Waals surface area contributed by atoms with Crippen LogP contribution in [0.3, 0.4) is 0 Å². The van der Waals surface area contributed by atoms with E-state index in [9.17, 15) is 4.79 Å². The van der Waals surface area contributed by atoms with Gasteiger partial charge in [0.1, 0.15) is 4.83 Å². The second-order valence-corrected chi connectivity index (χ2v) is 5.59. The van der Waals surface area contributed by atoms with Gasteiger partial charge in [0.25, 0.3) is 0 Å². The number of hydrogen-bond acceptors (Lipinski definition) is 4. The number of piperidine rings is 1. The molecule has 1 aliphatic heterocycles. The highest BCUT2D eigenvalue weighted by Gasteiger charge is 2.25. The highest BCUT2D eigenvalue weighted by Crippen LogP contribution is 2.15. The van der Waals surface area contributed by atoms with Gasteiger partial charge in [0.05, 0.1) is 7.11 Å². The number of methoxy groups -OCH3 is 1. The maximum absolute atomic E-state index is 11.3. The lowest BCUT2D eigenvalue weighted by molar-refractivity contribution is -0.140. The minimum Gasteiger partial charge on any atom is -0.468 e. The quantitative estimate of drug-likeness (QED) is 0.571. The van der Waals surface area contributed by atoms with E-state index < -0.39 is 0 Å². The van der Waals surface area contributed by atoms with E-state index in [2.05, 4.69) is 39.8 Å². The van der Waals surface area contributed by atoms with Gasteiger partial charge in [0.15, 0.2) is 0 Å². The van der Waals surface area contributed by atoms with Gasteiger partial charge >= 0.3 is 5.97 Å². The summed E-state index contributed by atoms with van der Waals surface area (Å²) in [7, 11) is 5.64. The van der Waals surface area contributed by atoms with Gasteiger partial charge in [-0.1, -0.05) is 15.9 Å². The molecule has 0 bridgehead atoms. The van der Waals surface area contributed by atoms with E-state index in [1.54, 1.807) is 0 Å². The molecule has 1 fully saturated rings. The summed E-state index contributed by atoms with van der Waals surface area (Å²) in [5.41, 5.74) is 0. The Morgan fingerprint density at radius 3 is 2.94 bits per heavy atom. The molecule has 0 saturated carbocycles. The molecule has 0 N–H and O–H groups in total. The molecule has 1 heterocycles. The molecule has 1 rings (SSSR count). The Bertz CT molecular complexity index is 238. The molecule has 1 aliphatic rings. The molecule has 94 valence electrons. The third-order valence-corrected chi connectivity index (χ3v) is 3.79. The number of carbonyl (C=O) groups is 1. The topological polar surface area (TPSA) is 32.8 Å². The van der Waals surface area contributed by atoms with Gasteiger partial charge in [0.2, 0.25) is 0 Å². The van der Waals surface area contributed by atoms with Gasteiger partial charge in [-0.15, -0.1) is 0 Å². The summed E-state index contributed by atoms with van der Waals surface area (Å²) < 4.78 is 4.70. The molecule has 1 saturated heterocycles. The lowest BCUT2D eigenvalue weighted by Crippen LogP contribution is -2.47. The summed E-state index contributed by atoms with van der Waals surface area (Å²) in [4.78, 5) is 15.6. The Morgan fingerprint density at radius 1 is 1.69 bits per heavy atom. The van der Waals surface area contributed by atoms with Crippen LogP contribution in [0.15, 0.2) is 0 Å². The zero-order valence-electron chi connectivity index (χ0n) is 10.3. The maximum atomic E-state index is 11.3. The zero-order valence-corrected chi connectivity index (χ0v) is 11.9. The third-order valence-electron chi connectivity index (χ3n) is 3.13. The number of halogens is 1. The number of nitrogens with zero attached hydrogens (tertiary/aromatic N) is 2. The van der Waals surface area contributed by atoms with Crippen molar-refractivity contribution >= 4 is 21.9 Å². The first-order chi connectivity index (χ1) is 7.54. The molecular formula is C11H21BrN2O2. The van der Waals surface area contributed by atoms with Crippen LogP contribution in [0.1, 0.15) is 12.8 Å². The highest BCUT2D eigenvalue weighted by atomic mass is 79.9. The van der Waals surface area contributed by atoms with Crippen LogP contribution in [0.4, 0.5) is 0 Å². The number of ether oxygens (including phenoxy) is 1. The molecule has 0 amide bonds. The first-order valence-corrected chi connectivity index (χ1v) is 6.57. The molecule has 2 unspecified atom stereocenters. The van der Waals surface area contributed by atoms with Crippen molar-refractivity contribution in [2.75, 3.05) is 40.8 Å². The van der Waals surface area contributed by atoms with E-state index in [-0.39, 0.29) is 10.8 Å². The molecular weight excluding hydrogens is 272 g/mol. The van der Waals surface area contributed by atoms with Gasteiger partial charge in [-0.2, -0.15) is 0 Å². The van der Waals surface area contributed by atoms with Gasteiger partial charge in [0, 0.05) is 19.1 Å². The van der Waals surface area contributed by atoms with Crippen LogP contribution < -0.4 is 0 Å². The summed E-state index contributed by atoms with van der Waals surface area (Å²) in [6.45, 7) is 2.96. The van der Waals surface area contributed by atoms with Crippen molar-refractivity contribution in [3.8, 4) is 0 Å². The summed E-state index contributed by atoms with van der Waals surface area (Å²) >= 11 is 3.36. The number of likely N-dealkylation sites (N-methyl/N-ethyl adjacent to an activating group) is 2. The fourth-order valence-electron chi connectivity index (χ4n) is 2.10. The molecule has 16 heavy (non-hydrogen) atoms. The summed E-state index contributed by atoms with van der Waals surface area (Å²) in [6, 6.07) is 0.545. The number of alkyl halides is 1. The monoisotopic (exact) mass is 292 g/mol. The summed E-state index contributed by atoms with van der Waals surface area (Å²) in [6.07, 6.45) is 2.44. The van der Waals surface area contributed by atoms with Gasteiger partial charge in [-0.25, -0.2) is 0 Å². The van der Waals surface area contributed by atoms with Crippen molar-refractivity contribution < 1.29 is 9.53 Å². The Morgan fingerprint density at radius 2 is 2.38 bits per heavy atom. The number of esters is 1. The summed E-state index contributed by atoms with van der Waals surface area (Å²) in [5.74, 6) is -0.198. The van der Waals surface area contributed by atoms with Gasteiger partial charge in [-0.05, 0) is 33.5 Å². The van der Waals surface area contributed by atoms with E-state index in [1.807, 2.05) is 0 Å². The van der Waals surface area contributed by atoms with Gasteiger partial charge in [-0.3, -0.25) is 4.79 Å². The molecule has 0 aliphatic carbocycles. The fraction of sp³-hybridized carbons (Fsp3) is 0.909. The van der Waals surface area contributed by atoms with Crippen LogP contribution in [-0.2, 0) is 9.53 Å². The van der Waals surface area contributed by atoms with E-state index in [0.717, 1.165) is 6.54 Å². The zero-order chi connectivity index (χ0) is 12.1. The minimum absolute atomic E-state index is 0.198. The molecule has 0 aromatic heterocycles. The highest BCUT2D eigenvalue weighted by molar-refractivity contribution is 9.10. The third kappa shape index (κ3) is 4.03. The van der Waals surface area contributed by atoms with Crippen LogP contribution >= 0.6 is 15.9 Å². The predicted octanol–water partition coefficient (Wildman–Crippen LogP) is 0.949. The lowest BCUT2D eigenvalue weighted by Gasteiger charge is -2.36. The second-order valence-electron chi connectivity index (χ2n) is 4.49. The molecule has 0 aromatic carbocycles. The van der Waals surface area contributed by atoms with Crippen molar-refractivity contribution in [1.82, 2.24) is 9.80 Å². The van der Waals surface area contributed by atoms with Gasteiger partial charge < -0.3 is 14.5 Å². The van der Waals surface area contributed by atoms with Crippen molar-refractivity contribution in [3.05, 3.63) is 0 Å². The largest absolute Gasteiger partial charge is 0.468 e. The number of rotatable bonds is 4. The Labute approximate surface area is 106 Å². The first kappa shape index (κ1) is 13.9. The Hall–Kier alpha value is -0.130. The molecule has 0 radical (unpaired) electrons. The number of likely N-dealkylation sites (tertiary alicyclic amines) is 1. The van der Waals surface area contributed by atoms with Crippen molar-refractivity contribution in [3.63, 3.8) is 0 Å².